The van der Waals surface area contributed by atoms with E-state index in [0.29, 0.717) is 53.9 Å². The quantitative estimate of drug-likeness (QED) is 0.398. The Morgan fingerprint density at radius 3 is 2.59 bits per heavy atom. The summed E-state index contributed by atoms with van der Waals surface area (Å²) >= 11 is 6.87. The van der Waals surface area contributed by atoms with Gasteiger partial charge < -0.3 is 25.4 Å². The number of nitrogens with one attached hydrogen (secondary N) is 2. The van der Waals surface area contributed by atoms with Crippen LogP contribution in [-0.4, -0.2) is 87.7 Å². The number of hydrogen-bond acceptors (Lipinski definition) is 11. The number of imidazole rings is 1. The number of anilines is 4. The van der Waals surface area contributed by atoms with Crippen molar-refractivity contribution >= 4 is 40.4 Å². The average Bonchev–Trinajstić information content (AvgIpc) is 3.31. The number of nitrogens with zero attached hydrogens (tertiary/aromatic N) is 8. The predicted molar refractivity (Wildman–Crippen MR) is 138 cm³/mol. The van der Waals surface area contributed by atoms with Gasteiger partial charge in [0.1, 0.15) is 6.07 Å². The number of fused-ring (bicyclic) bond motifs is 1. The van der Waals surface area contributed by atoms with Crippen molar-refractivity contribution in [1.82, 2.24) is 24.5 Å². The fourth-order valence-corrected chi connectivity index (χ4v) is 5.14. The maximum atomic E-state index is 9.71. The van der Waals surface area contributed by atoms with Crippen molar-refractivity contribution in [2.75, 3.05) is 68.1 Å². The largest absolute Gasteiger partial charge is 0.396 e. The molecular formula is C24H27ClN10O2. The van der Waals surface area contributed by atoms with Gasteiger partial charge in [0.25, 0.3) is 0 Å². The van der Waals surface area contributed by atoms with Crippen LogP contribution in [0.25, 0.3) is 5.65 Å². The Kier molecular flexibility index (Phi) is 7.00. The van der Waals surface area contributed by atoms with Crippen LogP contribution in [0.4, 0.5) is 23.1 Å². The van der Waals surface area contributed by atoms with E-state index in [1.165, 1.54) is 10.7 Å². The van der Waals surface area contributed by atoms with Crippen LogP contribution in [0.1, 0.15) is 24.6 Å². The Bertz CT molecular complexity index is 1380. The molecule has 0 atom stereocenters. The molecule has 3 aromatic rings. The van der Waals surface area contributed by atoms with Gasteiger partial charge in [0, 0.05) is 39.3 Å². The topological polar surface area (TPSA) is 151 Å². The number of aliphatic hydroxyl groups excluding tert-OH is 1. The molecule has 2 aromatic heterocycles. The standard InChI is InChI=1S/C24H27ClN10O2/c1-2-28-21-22-29-13-17(12-27)35(22)32-23(31-21)30-18-9-16(11-26)10-19(20(18)25)33-4-6-34(7-5-33)24(3-8-36)14-37-15-24/h9-10,13,36H,2-8,14-15H2,1H3,(H2,28,30,31,32). The molecule has 2 aliphatic rings. The molecule has 12 nitrogen and oxygen atoms in total. The van der Waals surface area contributed by atoms with Gasteiger partial charge in [0.2, 0.25) is 5.95 Å². The normalized spacial score (nSPS) is 17.2. The Hall–Kier alpha value is -3.68. The highest BCUT2D eigenvalue weighted by Gasteiger charge is 2.44. The van der Waals surface area contributed by atoms with Crippen LogP contribution in [-0.2, 0) is 4.74 Å². The zero-order valence-electron chi connectivity index (χ0n) is 20.4. The van der Waals surface area contributed by atoms with Crippen molar-refractivity contribution in [3.05, 3.63) is 34.6 Å². The Labute approximate surface area is 219 Å². The molecule has 2 saturated heterocycles. The molecule has 0 radical (unpaired) electrons. The van der Waals surface area contributed by atoms with E-state index in [0.717, 1.165) is 31.9 Å². The third kappa shape index (κ3) is 4.61. The summed E-state index contributed by atoms with van der Waals surface area (Å²) in [6, 6.07) is 7.73. The van der Waals surface area contributed by atoms with Crippen LogP contribution >= 0.6 is 11.6 Å². The van der Waals surface area contributed by atoms with E-state index < -0.39 is 0 Å². The van der Waals surface area contributed by atoms with Crippen LogP contribution in [0.2, 0.25) is 5.02 Å². The van der Waals surface area contributed by atoms with Gasteiger partial charge in [-0.05, 0) is 25.5 Å². The minimum Gasteiger partial charge on any atom is -0.396 e. The number of halogens is 1. The van der Waals surface area contributed by atoms with Crippen LogP contribution in [0, 0.1) is 22.7 Å². The summed E-state index contributed by atoms with van der Waals surface area (Å²) in [7, 11) is 0. The van der Waals surface area contributed by atoms with Crippen molar-refractivity contribution < 1.29 is 9.84 Å². The first-order chi connectivity index (χ1) is 18.0. The molecule has 4 heterocycles. The van der Waals surface area contributed by atoms with Crippen molar-refractivity contribution in [3.63, 3.8) is 0 Å². The molecule has 37 heavy (non-hydrogen) atoms. The number of ether oxygens (including phenoxy) is 1. The summed E-state index contributed by atoms with van der Waals surface area (Å²) in [6.07, 6.45) is 2.13. The Balaban J connectivity index is 1.42. The van der Waals surface area contributed by atoms with Crippen molar-refractivity contribution in [3.8, 4) is 12.1 Å². The van der Waals surface area contributed by atoms with Crippen molar-refractivity contribution in [1.29, 1.82) is 10.5 Å². The van der Waals surface area contributed by atoms with Gasteiger partial charge in [-0.2, -0.15) is 20.0 Å². The average molecular weight is 523 g/mol. The Morgan fingerprint density at radius 1 is 1.19 bits per heavy atom. The molecule has 0 unspecified atom stereocenters. The summed E-state index contributed by atoms with van der Waals surface area (Å²) in [5.74, 6) is 0.684. The fraction of sp³-hybridized carbons (Fsp3) is 0.458. The maximum Gasteiger partial charge on any atom is 0.247 e. The van der Waals surface area contributed by atoms with Gasteiger partial charge in [-0.15, -0.1) is 5.10 Å². The SMILES string of the molecule is CCNc1nc(Nc2cc(C#N)cc(N3CCN(C4(CCO)COC4)CC3)c2Cl)nn2c(C#N)cnc12. The molecule has 192 valence electrons. The van der Waals surface area contributed by atoms with Crippen LogP contribution in [0.5, 0.6) is 0 Å². The lowest BCUT2D eigenvalue weighted by molar-refractivity contribution is -0.150. The molecule has 3 N–H and O–H groups in total. The molecule has 0 aliphatic carbocycles. The second-order valence-corrected chi connectivity index (χ2v) is 9.44. The minimum absolute atomic E-state index is 0.0956. The number of piperazine rings is 1. The molecule has 1 aromatic carbocycles. The second kappa shape index (κ2) is 10.4. The summed E-state index contributed by atoms with van der Waals surface area (Å²) < 4.78 is 6.88. The lowest BCUT2D eigenvalue weighted by atomic mass is 9.90. The van der Waals surface area contributed by atoms with E-state index >= 15 is 0 Å². The van der Waals surface area contributed by atoms with E-state index in [-0.39, 0.29) is 23.8 Å². The highest BCUT2D eigenvalue weighted by molar-refractivity contribution is 6.36. The highest BCUT2D eigenvalue weighted by atomic mass is 35.5. The van der Waals surface area contributed by atoms with Crippen LogP contribution in [0.3, 0.4) is 0 Å². The molecular weight excluding hydrogens is 496 g/mol. The first-order valence-corrected chi connectivity index (χ1v) is 12.5. The predicted octanol–water partition coefficient (Wildman–Crippen LogP) is 1.97. The summed E-state index contributed by atoms with van der Waals surface area (Å²) in [6.45, 7) is 6.96. The summed E-state index contributed by atoms with van der Waals surface area (Å²) in [4.78, 5) is 13.3. The molecule has 2 fully saturated rings. The minimum atomic E-state index is -0.0956. The summed E-state index contributed by atoms with van der Waals surface area (Å²) in [5, 5.41) is 39.8. The second-order valence-electron chi connectivity index (χ2n) is 9.06. The smallest absolute Gasteiger partial charge is 0.247 e. The van der Waals surface area contributed by atoms with E-state index in [4.69, 9.17) is 16.3 Å². The summed E-state index contributed by atoms with van der Waals surface area (Å²) in [5.41, 5.74) is 2.30. The third-order valence-corrected chi connectivity index (χ3v) is 7.26. The highest BCUT2D eigenvalue weighted by Crippen LogP contribution is 2.37. The first kappa shape index (κ1) is 25.0. The van der Waals surface area contributed by atoms with E-state index in [9.17, 15) is 15.6 Å². The van der Waals surface area contributed by atoms with Crippen molar-refractivity contribution in [2.24, 2.45) is 0 Å². The van der Waals surface area contributed by atoms with Gasteiger partial charge in [0.15, 0.2) is 17.2 Å². The van der Waals surface area contributed by atoms with Gasteiger partial charge in [-0.3, -0.25) is 4.90 Å². The maximum absolute atomic E-state index is 9.71. The molecule has 13 heteroatoms. The van der Waals surface area contributed by atoms with Gasteiger partial charge >= 0.3 is 0 Å². The number of rotatable bonds is 8. The molecule has 0 amide bonds. The number of nitriles is 2. The van der Waals surface area contributed by atoms with E-state index in [1.54, 1.807) is 12.1 Å². The lowest BCUT2D eigenvalue weighted by Gasteiger charge is -2.52. The molecule has 0 bridgehead atoms. The monoisotopic (exact) mass is 522 g/mol. The van der Waals surface area contributed by atoms with Crippen LogP contribution in [0.15, 0.2) is 18.3 Å². The molecule has 0 spiro atoms. The van der Waals surface area contributed by atoms with E-state index in [1.807, 2.05) is 6.92 Å². The number of benzene rings is 1. The first-order valence-electron chi connectivity index (χ1n) is 12.1. The number of aliphatic hydroxyl groups is 1. The van der Waals surface area contributed by atoms with Crippen molar-refractivity contribution in [2.45, 2.75) is 18.9 Å². The Morgan fingerprint density at radius 2 is 1.97 bits per heavy atom. The van der Waals surface area contributed by atoms with E-state index in [2.05, 4.69) is 47.6 Å². The van der Waals surface area contributed by atoms with Gasteiger partial charge in [0.05, 0.1) is 53.0 Å². The van der Waals surface area contributed by atoms with Gasteiger partial charge in [-0.1, -0.05) is 11.6 Å². The fourth-order valence-electron chi connectivity index (χ4n) is 4.86. The number of hydrogen-bond donors (Lipinski definition) is 3. The number of aromatic nitrogens is 4. The third-order valence-electron chi connectivity index (χ3n) is 6.86. The zero-order chi connectivity index (χ0) is 26.0. The zero-order valence-corrected chi connectivity index (χ0v) is 21.2. The van der Waals surface area contributed by atoms with Crippen LogP contribution < -0.4 is 15.5 Å². The lowest BCUT2D eigenvalue weighted by Crippen LogP contribution is -2.66. The molecule has 5 rings (SSSR count). The molecule has 0 saturated carbocycles. The van der Waals surface area contributed by atoms with Gasteiger partial charge in [-0.25, -0.2) is 4.98 Å². The molecule has 2 aliphatic heterocycles.